The van der Waals surface area contributed by atoms with E-state index in [1.165, 1.54) is 6.26 Å². The molecule has 0 heterocycles. The monoisotopic (exact) mass is 312 g/mol. The largest absolute Gasteiger partial charge is 0.295 e. The molecule has 0 radical (unpaired) electrons. The van der Waals surface area contributed by atoms with Crippen LogP contribution in [0.3, 0.4) is 0 Å². The first-order valence-electron chi connectivity index (χ1n) is 6.83. The summed E-state index contributed by atoms with van der Waals surface area (Å²) >= 11 is 1.70. The molecule has 0 N–H and O–H groups in total. The predicted molar refractivity (Wildman–Crippen MR) is 83.2 cm³/mol. The highest BCUT2D eigenvalue weighted by atomic mass is 32.2. The highest BCUT2D eigenvalue weighted by Crippen LogP contribution is 2.36. The van der Waals surface area contributed by atoms with E-state index < -0.39 is 9.84 Å². The number of Topliss-reactive ketones (excluding diaryl/α,β-unsaturated/α-hetero) is 1. The number of hydrogen-bond donors (Lipinski definition) is 0. The summed E-state index contributed by atoms with van der Waals surface area (Å²) in [5, 5.41) is 0.121. The Balaban J connectivity index is 2.06. The number of rotatable bonds is 4. The number of hydrogen-bond acceptors (Lipinski definition) is 4. The summed E-state index contributed by atoms with van der Waals surface area (Å²) in [5.74, 6) is 0.0603. The van der Waals surface area contributed by atoms with Gasteiger partial charge in [-0.1, -0.05) is 18.6 Å². The number of ketones is 1. The molecule has 110 valence electrons. The van der Waals surface area contributed by atoms with Crippen molar-refractivity contribution in [3.63, 3.8) is 0 Å². The fourth-order valence-electron chi connectivity index (χ4n) is 2.58. The van der Waals surface area contributed by atoms with Crippen LogP contribution in [0.25, 0.3) is 0 Å². The summed E-state index contributed by atoms with van der Waals surface area (Å²) in [7, 11) is -2.94. The van der Waals surface area contributed by atoms with Crippen molar-refractivity contribution in [3.8, 4) is 0 Å². The van der Waals surface area contributed by atoms with Crippen LogP contribution in [-0.2, 0) is 9.84 Å². The molecule has 0 saturated heterocycles. The Morgan fingerprint density at radius 3 is 2.70 bits per heavy atom. The highest BCUT2D eigenvalue weighted by molar-refractivity contribution is 8.00. The van der Waals surface area contributed by atoms with E-state index >= 15 is 0 Å². The molecule has 20 heavy (non-hydrogen) atoms. The Morgan fingerprint density at radius 1 is 1.30 bits per heavy atom. The van der Waals surface area contributed by atoms with E-state index in [2.05, 4.69) is 0 Å². The topological polar surface area (TPSA) is 51.2 Å². The van der Waals surface area contributed by atoms with E-state index in [0.29, 0.717) is 17.2 Å². The van der Waals surface area contributed by atoms with Gasteiger partial charge in [0, 0.05) is 22.0 Å². The van der Waals surface area contributed by atoms with Gasteiger partial charge in [-0.15, -0.1) is 11.8 Å². The average Bonchev–Trinajstić information content (AvgIpc) is 2.38. The van der Waals surface area contributed by atoms with Crippen molar-refractivity contribution in [2.24, 2.45) is 0 Å². The molecular weight excluding hydrogens is 292 g/mol. The Hall–Kier alpha value is -0.810. The Kier molecular flexibility index (Phi) is 4.91. The summed E-state index contributed by atoms with van der Waals surface area (Å²) in [6.45, 7) is 1.56. The first kappa shape index (κ1) is 15.6. The Labute approximate surface area is 125 Å². The lowest BCUT2D eigenvalue weighted by atomic mass is 10.00. The lowest BCUT2D eigenvalue weighted by Crippen LogP contribution is -2.28. The van der Waals surface area contributed by atoms with Crippen molar-refractivity contribution in [2.75, 3.05) is 6.26 Å². The molecule has 1 aliphatic rings. The minimum absolute atomic E-state index is 0.0603. The molecule has 0 aliphatic heterocycles. The fourth-order valence-corrected chi connectivity index (χ4v) is 5.23. The van der Waals surface area contributed by atoms with Crippen LogP contribution in [0, 0.1) is 0 Å². The number of thioether (sulfide) groups is 1. The van der Waals surface area contributed by atoms with Crippen molar-refractivity contribution < 1.29 is 13.2 Å². The third kappa shape index (κ3) is 4.09. The SMILES string of the molecule is CC(=O)c1cccc(SC2CCCC(S(C)(=O)=O)C2)c1. The van der Waals surface area contributed by atoms with Gasteiger partial charge in [-0.25, -0.2) is 8.42 Å². The van der Waals surface area contributed by atoms with Gasteiger partial charge in [0.25, 0.3) is 0 Å². The summed E-state index contributed by atoms with van der Waals surface area (Å²) in [4.78, 5) is 12.4. The molecule has 3 nitrogen and oxygen atoms in total. The maximum absolute atomic E-state index is 11.7. The second kappa shape index (κ2) is 6.31. The number of carbonyl (C=O) groups is 1. The second-order valence-electron chi connectivity index (χ2n) is 5.44. The van der Waals surface area contributed by atoms with Crippen LogP contribution < -0.4 is 0 Å². The third-order valence-electron chi connectivity index (χ3n) is 3.73. The fraction of sp³-hybridized carbons (Fsp3) is 0.533. The molecule has 0 amide bonds. The normalized spacial score (nSPS) is 23.5. The third-order valence-corrected chi connectivity index (χ3v) is 6.65. The van der Waals surface area contributed by atoms with Gasteiger partial charge in [-0.2, -0.15) is 0 Å². The van der Waals surface area contributed by atoms with Crippen molar-refractivity contribution in [1.29, 1.82) is 0 Å². The van der Waals surface area contributed by atoms with Crippen LogP contribution >= 0.6 is 11.8 Å². The minimum atomic E-state index is -2.94. The van der Waals surface area contributed by atoms with E-state index in [1.54, 1.807) is 18.7 Å². The quantitative estimate of drug-likeness (QED) is 0.800. The summed E-state index contributed by atoms with van der Waals surface area (Å²) in [5.41, 5.74) is 0.713. The predicted octanol–water partition coefficient (Wildman–Crippen LogP) is 3.34. The Morgan fingerprint density at radius 2 is 2.05 bits per heavy atom. The van der Waals surface area contributed by atoms with E-state index in [9.17, 15) is 13.2 Å². The summed E-state index contributed by atoms with van der Waals surface area (Å²) in [6.07, 6.45) is 4.83. The van der Waals surface area contributed by atoms with Gasteiger partial charge < -0.3 is 0 Å². The Bertz CT molecular complexity index is 593. The smallest absolute Gasteiger partial charge is 0.159 e. The maximum atomic E-state index is 11.7. The summed E-state index contributed by atoms with van der Waals surface area (Å²) in [6, 6.07) is 7.58. The van der Waals surface area contributed by atoms with Gasteiger partial charge in [0.15, 0.2) is 5.78 Å². The first-order valence-corrected chi connectivity index (χ1v) is 9.66. The van der Waals surface area contributed by atoms with Crippen molar-refractivity contribution >= 4 is 27.4 Å². The van der Waals surface area contributed by atoms with E-state index in [1.807, 2.05) is 24.3 Å². The molecule has 2 atom stereocenters. The molecule has 1 aromatic rings. The van der Waals surface area contributed by atoms with Crippen LogP contribution in [0.4, 0.5) is 0 Å². The van der Waals surface area contributed by atoms with Crippen LogP contribution in [0.1, 0.15) is 43.0 Å². The van der Waals surface area contributed by atoms with Crippen LogP contribution in [0.5, 0.6) is 0 Å². The van der Waals surface area contributed by atoms with Crippen molar-refractivity contribution in [2.45, 2.75) is 48.0 Å². The zero-order valence-corrected chi connectivity index (χ0v) is 13.5. The van der Waals surface area contributed by atoms with Crippen LogP contribution in [-0.4, -0.2) is 31.0 Å². The zero-order valence-electron chi connectivity index (χ0n) is 11.8. The number of carbonyl (C=O) groups excluding carboxylic acids is 1. The molecule has 0 spiro atoms. The average molecular weight is 312 g/mol. The van der Waals surface area contributed by atoms with Crippen LogP contribution in [0.2, 0.25) is 0 Å². The molecule has 1 fully saturated rings. The van der Waals surface area contributed by atoms with Crippen molar-refractivity contribution in [3.05, 3.63) is 29.8 Å². The first-order chi connectivity index (χ1) is 9.36. The molecule has 2 rings (SSSR count). The van der Waals surface area contributed by atoms with Gasteiger partial charge in [0.05, 0.1) is 5.25 Å². The van der Waals surface area contributed by atoms with Gasteiger partial charge in [-0.05, 0) is 38.3 Å². The van der Waals surface area contributed by atoms with Crippen LogP contribution in [0.15, 0.2) is 29.2 Å². The summed E-state index contributed by atoms with van der Waals surface area (Å²) < 4.78 is 23.3. The van der Waals surface area contributed by atoms with E-state index in [4.69, 9.17) is 0 Å². The van der Waals surface area contributed by atoms with Gasteiger partial charge in [-0.3, -0.25) is 4.79 Å². The molecule has 1 aliphatic carbocycles. The minimum Gasteiger partial charge on any atom is -0.295 e. The maximum Gasteiger partial charge on any atom is 0.159 e. The van der Waals surface area contributed by atoms with E-state index in [-0.39, 0.29) is 11.0 Å². The standard InChI is InChI=1S/C15H20O3S2/c1-11(16)12-5-3-6-13(9-12)19-14-7-4-8-15(10-14)20(2,17)18/h3,5-6,9,14-15H,4,7-8,10H2,1-2H3. The highest BCUT2D eigenvalue weighted by Gasteiger charge is 2.29. The molecule has 1 saturated carbocycles. The van der Waals surface area contributed by atoms with Gasteiger partial charge in [0.1, 0.15) is 9.84 Å². The molecule has 0 aromatic heterocycles. The lowest BCUT2D eigenvalue weighted by molar-refractivity contribution is 0.101. The van der Waals surface area contributed by atoms with Crippen molar-refractivity contribution in [1.82, 2.24) is 0 Å². The van der Waals surface area contributed by atoms with Gasteiger partial charge in [0.2, 0.25) is 0 Å². The van der Waals surface area contributed by atoms with Gasteiger partial charge >= 0.3 is 0 Å². The zero-order chi connectivity index (χ0) is 14.8. The molecule has 0 bridgehead atoms. The number of benzene rings is 1. The number of sulfone groups is 1. The lowest BCUT2D eigenvalue weighted by Gasteiger charge is -2.27. The van der Waals surface area contributed by atoms with E-state index in [0.717, 1.165) is 24.2 Å². The molecular formula is C15H20O3S2. The second-order valence-corrected chi connectivity index (χ2v) is 9.14. The molecule has 5 heteroatoms. The molecule has 2 unspecified atom stereocenters. The molecule has 1 aromatic carbocycles.